The number of hydrogen-bond donors (Lipinski definition) is 2. The summed E-state index contributed by atoms with van der Waals surface area (Å²) in [5, 5.41) is 7.92. The molecule has 1 amide bonds. The standard InChI is InChI=1S/C18H22N2O4S/c1-24-16-4-2-3-15(13-16)7-10-18(21)20-12-11-14-5-8-17(9-6-14)25(19,22)23/h2-6,8-9,13H,7,10-12H2,1H3,(H,20,21)(H2,19,22,23). The molecule has 0 aliphatic heterocycles. The maximum atomic E-state index is 11.9. The fourth-order valence-electron chi connectivity index (χ4n) is 2.37. The summed E-state index contributed by atoms with van der Waals surface area (Å²) in [6.07, 6.45) is 1.67. The Morgan fingerprint density at radius 2 is 1.80 bits per heavy atom. The highest BCUT2D eigenvalue weighted by atomic mass is 32.2. The first-order chi connectivity index (χ1) is 11.9. The van der Waals surface area contributed by atoms with Crippen LogP contribution in [0.5, 0.6) is 5.75 Å². The predicted molar refractivity (Wildman–Crippen MR) is 95.8 cm³/mol. The average Bonchev–Trinajstić information content (AvgIpc) is 2.60. The van der Waals surface area contributed by atoms with Crippen LogP contribution in [-0.2, 0) is 27.7 Å². The molecule has 0 bridgehead atoms. The number of aryl methyl sites for hydroxylation is 1. The van der Waals surface area contributed by atoms with Crippen molar-refractivity contribution < 1.29 is 17.9 Å². The monoisotopic (exact) mass is 362 g/mol. The van der Waals surface area contributed by atoms with Crippen molar-refractivity contribution in [1.29, 1.82) is 0 Å². The quantitative estimate of drug-likeness (QED) is 0.746. The number of methoxy groups -OCH3 is 1. The molecule has 0 saturated heterocycles. The number of ether oxygens (including phenoxy) is 1. The SMILES string of the molecule is COc1cccc(CCC(=O)NCCc2ccc(S(N)(=O)=O)cc2)c1. The Morgan fingerprint density at radius 1 is 1.08 bits per heavy atom. The van der Waals surface area contributed by atoms with Crippen LogP contribution in [-0.4, -0.2) is 28.0 Å². The van der Waals surface area contributed by atoms with E-state index in [1.807, 2.05) is 24.3 Å². The third-order valence-corrected chi connectivity index (χ3v) is 4.69. The average molecular weight is 362 g/mol. The van der Waals surface area contributed by atoms with Crippen LogP contribution < -0.4 is 15.2 Å². The van der Waals surface area contributed by atoms with Gasteiger partial charge in [-0.3, -0.25) is 4.79 Å². The molecule has 0 unspecified atom stereocenters. The van der Waals surface area contributed by atoms with Crippen LogP contribution in [0, 0.1) is 0 Å². The number of benzene rings is 2. The molecule has 2 aromatic carbocycles. The molecule has 0 aliphatic carbocycles. The topological polar surface area (TPSA) is 98.5 Å². The molecule has 0 radical (unpaired) electrons. The number of nitrogens with one attached hydrogen (secondary N) is 1. The third kappa shape index (κ3) is 6.21. The van der Waals surface area contributed by atoms with Gasteiger partial charge in [0.25, 0.3) is 0 Å². The molecule has 0 aliphatic rings. The number of hydrogen-bond acceptors (Lipinski definition) is 4. The molecule has 2 aromatic rings. The number of carbonyl (C=O) groups is 1. The van der Waals surface area contributed by atoms with Gasteiger partial charge in [-0.1, -0.05) is 24.3 Å². The molecular weight excluding hydrogens is 340 g/mol. The summed E-state index contributed by atoms with van der Waals surface area (Å²) in [4.78, 5) is 12.0. The number of carbonyl (C=O) groups excluding carboxylic acids is 1. The van der Waals surface area contributed by atoms with Crippen LogP contribution in [0.4, 0.5) is 0 Å². The molecule has 3 N–H and O–H groups in total. The Morgan fingerprint density at radius 3 is 2.44 bits per heavy atom. The molecule has 0 aromatic heterocycles. The molecule has 0 atom stereocenters. The fourth-order valence-corrected chi connectivity index (χ4v) is 2.88. The van der Waals surface area contributed by atoms with E-state index in [-0.39, 0.29) is 10.8 Å². The van der Waals surface area contributed by atoms with Crippen molar-refractivity contribution in [2.45, 2.75) is 24.2 Å². The summed E-state index contributed by atoms with van der Waals surface area (Å²) < 4.78 is 27.5. The molecule has 7 heteroatoms. The van der Waals surface area contributed by atoms with Crippen LogP contribution in [0.2, 0.25) is 0 Å². The van der Waals surface area contributed by atoms with Crippen LogP contribution in [0.1, 0.15) is 17.5 Å². The fraction of sp³-hybridized carbons (Fsp3) is 0.278. The maximum Gasteiger partial charge on any atom is 0.238 e. The van der Waals surface area contributed by atoms with E-state index < -0.39 is 10.0 Å². The Labute approximate surface area is 148 Å². The highest BCUT2D eigenvalue weighted by Crippen LogP contribution is 2.14. The predicted octanol–water partition coefficient (Wildman–Crippen LogP) is 1.63. The van der Waals surface area contributed by atoms with E-state index in [0.717, 1.165) is 16.9 Å². The van der Waals surface area contributed by atoms with Crippen molar-refractivity contribution >= 4 is 15.9 Å². The van der Waals surface area contributed by atoms with Gasteiger partial charge in [0, 0.05) is 13.0 Å². The largest absolute Gasteiger partial charge is 0.497 e. The second-order valence-electron chi connectivity index (χ2n) is 5.64. The van der Waals surface area contributed by atoms with Gasteiger partial charge in [-0.25, -0.2) is 13.6 Å². The summed E-state index contributed by atoms with van der Waals surface area (Å²) in [6.45, 7) is 0.492. The third-order valence-electron chi connectivity index (χ3n) is 3.76. The van der Waals surface area contributed by atoms with Gasteiger partial charge < -0.3 is 10.1 Å². The van der Waals surface area contributed by atoms with Gasteiger partial charge in [-0.05, 0) is 48.2 Å². The lowest BCUT2D eigenvalue weighted by Crippen LogP contribution is -2.25. The van der Waals surface area contributed by atoms with Gasteiger partial charge in [-0.2, -0.15) is 0 Å². The van der Waals surface area contributed by atoms with Gasteiger partial charge in [-0.15, -0.1) is 0 Å². The van der Waals surface area contributed by atoms with Crippen molar-refractivity contribution in [3.63, 3.8) is 0 Å². The second-order valence-corrected chi connectivity index (χ2v) is 7.20. The van der Waals surface area contributed by atoms with Crippen LogP contribution in [0.15, 0.2) is 53.4 Å². The number of primary sulfonamides is 1. The minimum absolute atomic E-state index is 0.0241. The molecular formula is C18H22N2O4S. The minimum atomic E-state index is -3.67. The first-order valence-corrected chi connectivity index (χ1v) is 9.44. The minimum Gasteiger partial charge on any atom is -0.497 e. The Kier molecular flexibility index (Phi) is 6.55. The first kappa shape index (κ1) is 19.0. The highest BCUT2D eigenvalue weighted by Gasteiger charge is 2.07. The smallest absolute Gasteiger partial charge is 0.238 e. The molecule has 0 saturated carbocycles. The molecule has 0 fully saturated rings. The van der Waals surface area contributed by atoms with E-state index in [1.165, 1.54) is 12.1 Å². The van der Waals surface area contributed by atoms with Crippen molar-refractivity contribution in [2.24, 2.45) is 5.14 Å². The van der Waals surface area contributed by atoms with E-state index in [0.29, 0.717) is 25.8 Å². The molecule has 6 nitrogen and oxygen atoms in total. The number of amides is 1. The van der Waals surface area contributed by atoms with Crippen LogP contribution in [0.3, 0.4) is 0 Å². The number of sulfonamides is 1. The Bertz CT molecular complexity index is 817. The van der Waals surface area contributed by atoms with Gasteiger partial charge in [0.1, 0.15) is 5.75 Å². The highest BCUT2D eigenvalue weighted by molar-refractivity contribution is 7.89. The van der Waals surface area contributed by atoms with Crippen molar-refractivity contribution in [3.05, 3.63) is 59.7 Å². The van der Waals surface area contributed by atoms with E-state index in [1.54, 1.807) is 19.2 Å². The van der Waals surface area contributed by atoms with Gasteiger partial charge in [0.2, 0.25) is 15.9 Å². The Hall–Kier alpha value is -2.38. The number of rotatable bonds is 8. The molecule has 0 spiro atoms. The van der Waals surface area contributed by atoms with E-state index in [9.17, 15) is 13.2 Å². The van der Waals surface area contributed by atoms with E-state index >= 15 is 0 Å². The van der Waals surface area contributed by atoms with Crippen LogP contribution >= 0.6 is 0 Å². The zero-order chi connectivity index (χ0) is 18.3. The van der Waals surface area contributed by atoms with Crippen molar-refractivity contribution in [3.8, 4) is 5.75 Å². The summed E-state index contributed by atoms with van der Waals surface area (Å²) >= 11 is 0. The summed E-state index contributed by atoms with van der Waals surface area (Å²) in [5.41, 5.74) is 1.98. The zero-order valence-electron chi connectivity index (χ0n) is 14.1. The molecule has 134 valence electrons. The lowest BCUT2D eigenvalue weighted by Gasteiger charge is -2.07. The Balaban J connectivity index is 1.75. The normalized spacial score (nSPS) is 11.1. The van der Waals surface area contributed by atoms with E-state index in [2.05, 4.69) is 5.32 Å². The number of nitrogens with two attached hydrogens (primary N) is 1. The first-order valence-electron chi connectivity index (χ1n) is 7.90. The summed E-state index contributed by atoms with van der Waals surface area (Å²) in [5.74, 6) is 0.754. The zero-order valence-corrected chi connectivity index (χ0v) is 14.9. The van der Waals surface area contributed by atoms with Crippen molar-refractivity contribution in [2.75, 3.05) is 13.7 Å². The van der Waals surface area contributed by atoms with Gasteiger partial charge in [0.15, 0.2) is 0 Å². The van der Waals surface area contributed by atoms with Gasteiger partial charge >= 0.3 is 0 Å². The van der Waals surface area contributed by atoms with Crippen molar-refractivity contribution in [1.82, 2.24) is 5.32 Å². The van der Waals surface area contributed by atoms with Crippen LogP contribution in [0.25, 0.3) is 0 Å². The molecule has 2 rings (SSSR count). The molecule has 0 heterocycles. The van der Waals surface area contributed by atoms with E-state index in [4.69, 9.17) is 9.88 Å². The second kappa shape index (κ2) is 8.64. The molecule has 25 heavy (non-hydrogen) atoms. The summed E-state index contributed by atoms with van der Waals surface area (Å²) in [7, 11) is -2.06. The summed E-state index contributed by atoms with van der Waals surface area (Å²) in [6, 6.07) is 14.0. The van der Waals surface area contributed by atoms with Gasteiger partial charge in [0.05, 0.1) is 12.0 Å². The lowest BCUT2D eigenvalue weighted by atomic mass is 10.1. The maximum absolute atomic E-state index is 11.9. The lowest BCUT2D eigenvalue weighted by molar-refractivity contribution is -0.121.